The third kappa shape index (κ3) is 14.5. The van der Waals surface area contributed by atoms with Crippen LogP contribution < -0.4 is 27.6 Å². The van der Waals surface area contributed by atoms with Gasteiger partial charge in [-0.25, -0.2) is 34.2 Å². The molecule has 0 N–H and O–H groups in total. The molecule has 8 rings (SSSR count). The molecule has 0 fully saturated rings. The van der Waals surface area contributed by atoms with Crippen LogP contribution in [0.3, 0.4) is 0 Å². The number of hydrogen-bond acceptors (Lipinski definition) is 16. The zero-order valence-corrected chi connectivity index (χ0v) is 54.3. The minimum absolute atomic E-state index is 0.0454. The van der Waals surface area contributed by atoms with E-state index in [2.05, 4.69) is 102 Å². The number of methoxy groups -OCH3 is 4. The Morgan fingerprint density at radius 3 is 1.18 bits per heavy atom. The number of para-hydroxylation sites is 2. The molecule has 8 aromatic rings. The zero-order valence-electron chi connectivity index (χ0n) is 47.5. The second-order valence-corrected chi connectivity index (χ2v) is 38.8. The van der Waals surface area contributed by atoms with Crippen LogP contribution in [0.2, 0.25) is 51.4 Å². The molecule has 20 nitrogen and oxygen atoms in total. The Kier molecular flexibility index (Phi) is 20.3. The number of anilines is 2. The van der Waals surface area contributed by atoms with Gasteiger partial charge < -0.3 is 27.8 Å². The molecule has 6 aromatic heterocycles. The standard InChI is InChI=1S/2C27H33BrFN5O5SSi/c2*1-18(15-21-20(28)16-19(29)17-30-21)40(35,36)33(12-14-41(4,5)6)27-32-31-26(24-11-8-13-39-24)34(27)25-22(37-2)9-7-10-23(25)38-3/h2*7-11,13,16-18H,12,14-15H2,1-6H3/t2*18-/m10/s1. The fourth-order valence-corrected chi connectivity index (χ4v) is 14.5. The van der Waals surface area contributed by atoms with Crippen LogP contribution in [0.25, 0.3) is 34.5 Å². The van der Waals surface area contributed by atoms with Gasteiger partial charge in [-0.3, -0.25) is 19.1 Å². The summed E-state index contributed by atoms with van der Waals surface area (Å²) in [6.45, 7) is 16.6. The van der Waals surface area contributed by atoms with Crippen molar-refractivity contribution in [3.05, 3.63) is 130 Å². The zero-order chi connectivity index (χ0) is 59.9. The lowest BCUT2D eigenvalue weighted by Crippen LogP contribution is -2.42. The van der Waals surface area contributed by atoms with Gasteiger partial charge in [-0.15, -0.1) is 20.4 Å². The normalized spacial score (nSPS) is 12.8. The molecule has 0 saturated carbocycles. The van der Waals surface area contributed by atoms with Crippen LogP contribution in [0.5, 0.6) is 23.0 Å². The lowest BCUT2D eigenvalue weighted by atomic mass is 10.2. The highest BCUT2D eigenvalue weighted by Gasteiger charge is 2.39. The number of rotatable bonds is 24. The maximum atomic E-state index is 14.4. The van der Waals surface area contributed by atoms with Crippen molar-refractivity contribution in [2.24, 2.45) is 0 Å². The van der Waals surface area contributed by atoms with E-state index < -0.39 is 58.3 Å². The summed E-state index contributed by atoms with van der Waals surface area (Å²) in [5.41, 5.74) is 1.70. The van der Waals surface area contributed by atoms with Crippen molar-refractivity contribution in [1.29, 1.82) is 0 Å². The van der Waals surface area contributed by atoms with Crippen molar-refractivity contribution < 1.29 is 53.4 Å². The van der Waals surface area contributed by atoms with Gasteiger partial charge in [-0.1, -0.05) is 51.4 Å². The summed E-state index contributed by atoms with van der Waals surface area (Å²) in [6.07, 6.45) is 5.24. The molecule has 0 amide bonds. The van der Waals surface area contributed by atoms with Crippen LogP contribution in [0.15, 0.2) is 115 Å². The summed E-state index contributed by atoms with van der Waals surface area (Å²) >= 11 is 6.62. The van der Waals surface area contributed by atoms with Crippen LogP contribution in [0.4, 0.5) is 20.7 Å². The molecule has 0 saturated heterocycles. The molecule has 2 atom stereocenters. The van der Waals surface area contributed by atoms with Gasteiger partial charge in [-0.05, 0) is 118 Å². The molecule has 0 aliphatic rings. The highest BCUT2D eigenvalue weighted by atomic mass is 79.9. The van der Waals surface area contributed by atoms with Crippen molar-refractivity contribution in [2.75, 3.05) is 50.1 Å². The van der Waals surface area contributed by atoms with Crippen molar-refractivity contribution in [2.45, 2.75) is 88.6 Å². The van der Waals surface area contributed by atoms with Crippen LogP contribution in [-0.4, -0.2) is 125 Å². The fourth-order valence-electron chi connectivity index (χ4n) is 8.45. The van der Waals surface area contributed by atoms with Gasteiger partial charge in [0, 0.05) is 51.0 Å². The first-order chi connectivity index (χ1) is 38.7. The maximum absolute atomic E-state index is 14.4. The fraction of sp³-hybridized carbons (Fsp3) is 0.370. The minimum atomic E-state index is -4.06. The average molecular weight is 1330 g/mol. The maximum Gasteiger partial charge on any atom is 0.246 e. The van der Waals surface area contributed by atoms with E-state index in [1.54, 1.807) is 83.6 Å². The molecule has 0 aliphatic carbocycles. The molecule has 0 radical (unpaired) electrons. The third-order valence-corrected chi connectivity index (χ3v) is 22.1. The monoisotopic (exact) mass is 1330 g/mol. The molecular weight excluding hydrogens is 1270 g/mol. The molecule has 82 heavy (non-hydrogen) atoms. The van der Waals surface area contributed by atoms with E-state index in [9.17, 15) is 25.6 Å². The van der Waals surface area contributed by atoms with E-state index in [1.807, 2.05) is 0 Å². The molecule has 28 heteroatoms. The highest BCUT2D eigenvalue weighted by Crippen LogP contribution is 2.42. The van der Waals surface area contributed by atoms with E-state index in [1.165, 1.54) is 61.7 Å². The van der Waals surface area contributed by atoms with Crippen LogP contribution >= 0.6 is 31.9 Å². The largest absolute Gasteiger partial charge is 0.494 e. The molecule has 0 bridgehead atoms. The molecule has 2 aromatic carbocycles. The number of benzene rings is 2. The van der Waals surface area contributed by atoms with E-state index in [0.29, 0.717) is 78.3 Å². The number of nitrogens with zero attached hydrogens (tertiary/aromatic N) is 10. The van der Waals surface area contributed by atoms with Gasteiger partial charge >= 0.3 is 0 Å². The second kappa shape index (κ2) is 26.4. The lowest BCUT2D eigenvalue weighted by Gasteiger charge is -2.29. The molecule has 440 valence electrons. The summed E-state index contributed by atoms with van der Waals surface area (Å²) in [5, 5.41) is 15.7. The topological polar surface area (TPSA) is 225 Å². The number of hydrogen-bond donors (Lipinski definition) is 0. The quantitative estimate of drug-likeness (QED) is 0.0513. The second-order valence-electron chi connectivity index (χ2n) is 21.3. The van der Waals surface area contributed by atoms with Gasteiger partial charge in [0.05, 0.1) is 75.2 Å². The van der Waals surface area contributed by atoms with Gasteiger partial charge in [-0.2, -0.15) is 0 Å². The molecular formula is C54H66Br2F2N10O10S2Si2. The summed E-state index contributed by atoms with van der Waals surface area (Å²) in [6, 6.07) is 21.2. The molecule has 0 aliphatic heterocycles. The number of halogens is 4. The minimum Gasteiger partial charge on any atom is -0.494 e. The van der Waals surface area contributed by atoms with Crippen LogP contribution in [-0.2, 0) is 32.9 Å². The van der Waals surface area contributed by atoms with E-state index in [-0.39, 0.29) is 49.5 Å². The van der Waals surface area contributed by atoms with Crippen LogP contribution in [0.1, 0.15) is 25.2 Å². The van der Waals surface area contributed by atoms with Crippen molar-refractivity contribution >= 4 is 80.0 Å². The Bertz CT molecular complexity index is 3410. The summed E-state index contributed by atoms with van der Waals surface area (Å²) < 4.78 is 125. The number of aromatic nitrogens is 8. The Labute approximate surface area is 495 Å². The first kappa shape index (κ1) is 63.1. The van der Waals surface area contributed by atoms with Crippen LogP contribution in [0, 0.1) is 11.6 Å². The van der Waals surface area contributed by atoms with Gasteiger partial charge in [0.25, 0.3) is 0 Å². The van der Waals surface area contributed by atoms with E-state index >= 15 is 0 Å². The lowest BCUT2D eigenvalue weighted by molar-refractivity contribution is 0.391. The van der Waals surface area contributed by atoms with Gasteiger partial charge in [0.1, 0.15) is 46.0 Å². The van der Waals surface area contributed by atoms with E-state index in [0.717, 1.165) is 12.4 Å². The van der Waals surface area contributed by atoms with Crippen molar-refractivity contribution in [1.82, 2.24) is 39.5 Å². The Balaban J connectivity index is 0.000000236. The Hall–Kier alpha value is -6.47. The van der Waals surface area contributed by atoms with Gasteiger partial charge in [0.2, 0.25) is 43.6 Å². The number of pyridine rings is 2. The third-order valence-electron chi connectivity index (χ3n) is 13.0. The molecule has 0 unspecified atom stereocenters. The summed E-state index contributed by atoms with van der Waals surface area (Å²) in [5.74, 6) is 2.11. The van der Waals surface area contributed by atoms with Crippen molar-refractivity contribution in [3.63, 3.8) is 0 Å². The molecule has 6 heterocycles. The predicted molar refractivity (Wildman–Crippen MR) is 323 cm³/mol. The SMILES string of the molecule is COc1cccc(OC)c1-n1c(-c2ccco2)nnc1N(CC[Si](C)(C)C)S(=O)(=O)[C@@H](C)Cc1ncc(F)cc1Br.COc1cccc(OC)c1-n1c(-c2ccco2)nnc1N(CC[Si](C)(C)C)S(=O)(=O)[C@H](C)Cc1ncc(F)cc1Br. The summed E-state index contributed by atoms with van der Waals surface area (Å²) in [4.78, 5) is 8.24. The number of sulfonamides is 2. The first-order valence-electron chi connectivity index (χ1n) is 25.8. The number of ether oxygens (including phenoxy) is 4. The molecule has 0 spiro atoms. The number of furan rings is 2. The Morgan fingerprint density at radius 2 is 0.902 bits per heavy atom. The Morgan fingerprint density at radius 1 is 0.561 bits per heavy atom. The van der Waals surface area contributed by atoms with Crippen molar-refractivity contribution in [3.8, 4) is 57.5 Å². The highest BCUT2D eigenvalue weighted by molar-refractivity contribution is 9.10. The first-order valence-corrected chi connectivity index (χ1v) is 37.8. The van der Waals surface area contributed by atoms with Gasteiger partial charge in [0.15, 0.2) is 11.5 Å². The summed E-state index contributed by atoms with van der Waals surface area (Å²) in [7, 11) is -5.51. The predicted octanol–water partition coefficient (Wildman–Crippen LogP) is 11.9. The average Bonchev–Trinajstić information content (AvgIpc) is 4.44. The smallest absolute Gasteiger partial charge is 0.246 e. The van der Waals surface area contributed by atoms with E-state index in [4.69, 9.17) is 27.8 Å².